The Kier molecular flexibility index (Phi) is 6.42. The molecule has 0 radical (unpaired) electrons. The van der Waals surface area contributed by atoms with Crippen molar-refractivity contribution < 1.29 is 8.83 Å². The number of aromatic nitrogens is 3. The number of hydrogen-bond donors (Lipinski definition) is 0. The number of para-hydroxylation sites is 2. The third-order valence-corrected chi connectivity index (χ3v) is 9.35. The maximum Gasteiger partial charge on any atom is 0.164 e. The van der Waals surface area contributed by atoms with Crippen molar-refractivity contribution in [2.24, 2.45) is 0 Å². The smallest absolute Gasteiger partial charge is 0.164 e. The highest BCUT2D eigenvalue weighted by Gasteiger charge is 2.16. The normalized spacial score (nSPS) is 11.6. The average Bonchev–Trinajstić information content (AvgIpc) is 3.76. The van der Waals surface area contributed by atoms with Gasteiger partial charge < -0.3 is 8.83 Å². The quantitative estimate of drug-likeness (QED) is 0.187. The zero-order valence-electron chi connectivity index (χ0n) is 26.7. The minimum absolute atomic E-state index is 0.580. The van der Waals surface area contributed by atoms with E-state index in [9.17, 15) is 0 Å². The van der Waals surface area contributed by atoms with Gasteiger partial charge in [0, 0.05) is 38.2 Å². The maximum absolute atomic E-state index is 6.24. The van der Waals surface area contributed by atoms with Crippen molar-refractivity contribution in [3.8, 4) is 56.4 Å². The number of hydrogen-bond acceptors (Lipinski definition) is 5. The fraction of sp³-hybridized carbons (Fsp3) is 0. The molecule has 0 aliphatic rings. The predicted octanol–water partition coefficient (Wildman–Crippen LogP) is 12.0. The third-order valence-electron chi connectivity index (χ3n) is 9.35. The van der Waals surface area contributed by atoms with E-state index in [4.69, 9.17) is 23.8 Å². The van der Waals surface area contributed by atoms with Crippen LogP contribution in [0.5, 0.6) is 0 Å². The van der Waals surface area contributed by atoms with Crippen LogP contribution in [0.4, 0.5) is 0 Å². The van der Waals surface area contributed by atoms with E-state index in [2.05, 4.69) is 109 Å². The molecule has 50 heavy (non-hydrogen) atoms. The second-order valence-corrected chi connectivity index (χ2v) is 12.4. The van der Waals surface area contributed by atoms with Gasteiger partial charge in [-0.05, 0) is 64.7 Å². The van der Waals surface area contributed by atoms with E-state index in [1.54, 1.807) is 0 Å². The Labute approximate surface area is 287 Å². The molecule has 0 bridgehead atoms. The van der Waals surface area contributed by atoms with Crippen LogP contribution in [0.2, 0.25) is 0 Å². The molecule has 0 atom stereocenters. The molecule has 0 fully saturated rings. The van der Waals surface area contributed by atoms with E-state index in [0.29, 0.717) is 17.5 Å². The lowest BCUT2D eigenvalue weighted by Gasteiger charge is -2.10. The summed E-state index contributed by atoms with van der Waals surface area (Å²) in [7, 11) is 0. The summed E-state index contributed by atoms with van der Waals surface area (Å²) in [4.78, 5) is 15.1. The highest BCUT2D eigenvalue weighted by Crippen LogP contribution is 2.35. The molecule has 0 aliphatic carbocycles. The molecule has 0 aliphatic heterocycles. The highest BCUT2D eigenvalue weighted by atomic mass is 16.3. The number of rotatable bonds is 5. The third kappa shape index (κ3) is 4.83. The number of furan rings is 2. The van der Waals surface area contributed by atoms with Gasteiger partial charge in [-0.15, -0.1) is 0 Å². The van der Waals surface area contributed by atoms with Gasteiger partial charge in [-0.3, -0.25) is 0 Å². The molecule has 0 N–H and O–H groups in total. The van der Waals surface area contributed by atoms with Gasteiger partial charge in [0.15, 0.2) is 17.5 Å². The minimum Gasteiger partial charge on any atom is -0.456 e. The second-order valence-electron chi connectivity index (χ2n) is 12.4. The molecule has 234 valence electrons. The molecule has 0 amide bonds. The second kappa shape index (κ2) is 11.4. The van der Waals surface area contributed by atoms with Crippen molar-refractivity contribution in [3.05, 3.63) is 164 Å². The van der Waals surface area contributed by atoms with Crippen LogP contribution in [0.15, 0.2) is 173 Å². The summed E-state index contributed by atoms with van der Waals surface area (Å²) >= 11 is 0. The Balaban J connectivity index is 1.10. The molecular weight excluding hydrogens is 615 g/mol. The molecular formula is C45H27N3O2. The first-order valence-corrected chi connectivity index (χ1v) is 16.6. The van der Waals surface area contributed by atoms with E-state index in [1.807, 2.05) is 54.6 Å². The average molecular weight is 642 g/mol. The Hall–Kier alpha value is -6.85. The zero-order chi connectivity index (χ0) is 33.0. The van der Waals surface area contributed by atoms with Crippen molar-refractivity contribution in [1.82, 2.24) is 15.0 Å². The Morgan fingerprint density at radius 1 is 0.260 bits per heavy atom. The van der Waals surface area contributed by atoms with Crippen LogP contribution in [-0.4, -0.2) is 15.0 Å². The van der Waals surface area contributed by atoms with Gasteiger partial charge in [-0.25, -0.2) is 15.0 Å². The van der Waals surface area contributed by atoms with E-state index >= 15 is 0 Å². The first-order chi connectivity index (χ1) is 24.7. The van der Waals surface area contributed by atoms with Gasteiger partial charge in [0.1, 0.15) is 22.3 Å². The summed E-state index contributed by atoms with van der Waals surface area (Å²) in [5, 5.41) is 4.34. The standard InChI is InChI=1S/C45H27N3O2/c1-2-9-28(10-3-1)29-17-19-30(20-18-29)43-46-44(48-45(47-43)34-21-23-37-35-13-4-6-15-39(35)50-42(37)27-34)33-12-8-11-31(25-33)32-22-24-41-38(26-32)36-14-5-7-16-40(36)49-41/h1-27H. The van der Waals surface area contributed by atoms with E-state index in [0.717, 1.165) is 82.8 Å². The van der Waals surface area contributed by atoms with E-state index < -0.39 is 0 Å². The lowest BCUT2D eigenvalue weighted by Crippen LogP contribution is -2.00. The summed E-state index contributed by atoms with van der Waals surface area (Å²) in [5.41, 5.74) is 10.5. The largest absolute Gasteiger partial charge is 0.456 e. The topological polar surface area (TPSA) is 65.0 Å². The van der Waals surface area contributed by atoms with Crippen molar-refractivity contribution in [2.75, 3.05) is 0 Å². The zero-order valence-corrected chi connectivity index (χ0v) is 26.7. The van der Waals surface area contributed by atoms with Gasteiger partial charge in [-0.2, -0.15) is 0 Å². The van der Waals surface area contributed by atoms with Crippen LogP contribution >= 0.6 is 0 Å². The molecule has 7 aromatic carbocycles. The minimum atomic E-state index is 0.580. The van der Waals surface area contributed by atoms with Crippen molar-refractivity contribution in [2.45, 2.75) is 0 Å². The molecule has 0 spiro atoms. The molecule has 10 rings (SSSR count). The SMILES string of the molecule is c1ccc(-c2ccc(-c3nc(-c4cccc(-c5ccc6oc7ccccc7c6c5)c4)nc(-c4ccc5c(c4)oc4ccccc45)n3)cc2)cc1. The van der Waals surface area contributed by atoms with E-state index in [1.165, 1.54) is 0 Å². The van der Waals surface area contributed by atoms with Crippen LogP contribution in [0.25, 0.3) is 100 Å². The van der Waals surface area contributed by atoms with Gasteiger partial charge in [0.05, 0.1) is 0 Å². The number of benzene rings is 7. The predicted molar refractivity (Wildman–Crippen MR) is 202 cm³/mol. The van der Waals surface area contributed by atoms with Crippen LogP contribution in [0, 0.1) is 0 Å². The number of fused-ring (bicyclic) bond motifs is 6. The molecule has 0 saturated heterocycles. The fourth-order valence-corrected chi connectivity index (χ4v) is 6.81. The summed E-state index contributed by atoms with van der Waals surface area (Å²) in [5.74, 6) is 1.78. The van der Waals surface area contributed by atoms with Crippen molar-refractivity contribution in [1.29, 1.82) is 0 Å². The molecule has 0 unspecified atom stereocenters. The Morgan fingerprint density at radius 2 is 0.720 bits per heavy atom. The molecule has 3 heterocycles. The Bertz CT molecular complexity index is 2870. The van der Waals surface area contributed by atoms with Gasteiger partial charge in [0.2, 0.25) is 0 Å². The van der Waals surface area contributed by atoms with Crippen LogP contribution in [-0.2, 0) is 0 Å². The first kappa shape index (κ1) is 28.2. The van der Waals surface area contributed by atoms with Crippen molar-refractivity contribution >= 4 is 43.9 Å². The summed E-state index contributed by atoms with van der Waals surface area (Å²) < 4.78 is 12.3. The molecule has 5 heteroatoms. The lowest BCUT2D eigenvalue weighted by molar-refractivity contribution is 0.668. The summed E-state index contributed by atoms with van der Waals surface area (Å²) in [6.07, 6.45) is 0. The summed E-state index contributed by atoms with van der Waals surface area (Å²) in [6.45, 7) is 0. The molecule has 3 aromatic heterocycles. The maximum atomic E-state index is 6.24. The van der Waals surface area contributed by atoms with Gasteiger partial charge in [0.25, 0.3) is 0 Å². The summed E-state index contributed by atoms with van der Waals surface area (Å²) in [6, 6.07) is 55.9. The van der Waals surface area contributed by atoms with Crippen LogP contribution in [0.3, 0.4) is 0 Å². The van der Waals surface area contributed by atoms with Gasteiger partial charge >= 0.3 is 0 Å². The highest BCUT2D eigenvalue weighted by molar-refractivity contribution is 6.07. The lowest BCUT2D eigenvalue weighted by atomic mass is 10.0. The monoisotopic (exact) mass is 641 g/mol. The first-order valence-electron chi connectivity index (χ1n) is 16.6. The number of nitrogens with zero attached hydrogens (tertiary/aromatic N) is 3. The Morgan fingerprint density at radius 3 is 1.48 bits per heavy atom. The van der Waals surface area contributed by atoms with Crippen molar-refractivity contribution in [3.63, 3.8) is 0 Å². The van der Waals surface area contributed by atoms with E-state index in [-0.39, 0.29) is 0 Å². The van der Waals surface area contributed by atoms with Gasteiger partial charge in [-0.1, -0.05) is 121 Å². The van der Waals surface area contributed by atoms with Crippen LogP contribution in [0.1, 0.15) is 0 Å². The fourth-order valence-electron chi connectivity index (χ4n) is 6.81. The molecule has 5 nitrogen and oxygen atoms in total. The van der Waals surface area contributed by atoms with Crippen LogP contribution < -0.4 is 0 Å². The molecule has 10 aromatic rings. The molecule has 0 saturated carbocycles.